The van der Waals surface area contributed by atoms with E-state index in [1.54, 1.807) is 17.4 Å². The van der Waals surface area contributed by atoms with Crippen LogP contribution in [0.3, 0.4) is 0 Å². The first-order valence-electron chi connectivity index (χ1n) is 8.29. The summed E-state index contributed by atoms with van der Waals surface area (Å²) < 4.78 is 7.43. The molecular formula is C18H21N5O2. The zero-order chi connectivity index (χ0) is 17.8. The quantitative estimate of drug-likeness (QED) is 0.690. The Morgan fingerprint density at radius 1 is 1.20 bits per heavy atom. The molecule has 0 radical (unpaired) electrons. The van der Waals surface area contributed by atoms with Crippen LogP contribution in [0.25, 0.3) is 5.69 Å². The molecule has 0 spiro atoms. The Morgan fingerprint density at radius 2 is 1.92 bits per heavy atom. The molecule has 2 heterocycles. The van der Waals surface area contributed by atoms with Crippen LogP contribution in [0.4, 0.5) is 0 Å². The van der Waals surface area contributed by atoms with E-state index >= 15 is 0 Å². The molecule has 3 aromatic rings. The van der Waals surface area contributed by atoms with Crippen LogP contribution in [0, 0.1) is 0 Å². The molecular weight excluding hydrogens is 318 g/mol. The standard InChI is InChI=1S/C18H21N5O2/c1-4-16-20-21-17(25-16)11-23(13(2)3)18(24)14-5-7-15(8-6-14)22-10-9-19-12-22/h5-10,12-13H,4,11H2,1-3H3. The number of aryl methyl sites for hydroxylation is 1. The van der Waals surface area contributed by atoms with Crippen molar-refractivity contribution in [2.45, 2.75) is 39.8 Å². The number of nitrogens with zero attached hydrogens (tertiary/aromatic N) is 5. The zero-order valence-electron chi connectivity index (χ0n) is 14.6. The molecule has 0 N–H and O–H groups in total. The molecule has 2 aromatic heterocycles. The van der Waals surface area contributed by atoms with E-state index in [0.717, 1.165) is 5.69 Å². The Labute approximate surface area is 146 Å². The van der Waals surface area contributed by atoms with Crippen molar-refractivity contribution in [3.05, 3.63) is 60.3 Å². The fraction of sp³-hybridized carbons (Fsp3) is 0.333. The van der Waals surface area contributed by atoms with Crippen molar-refractivity contribution in [2.75, 3.05) is 0 Å². The maximum absolute atomic E-state index is 12.9. The minimum Gasteiger partial charge on any atom is -0.423 e. The highest BCUT2D eigenvalue weighted by molar-refractivity contribution is 5.94. The van der Waals surface area contributed by atoms with E-state index in [9.17, 15) is 4.79 Å². The van der Waals surface area contributed by atoms with Gasteiger partial charge in [0.2, 0.25) is 11.8 Å². The first-order chi connectivity index (χ1) is 12.1. The summed E-state index contributed by atoms with van der Waals surface area (Å²) in [4.78, 5) is 18.6. The number of hydrogen-bond donors (Lipinski definition) is 0. The Balaban J connectivity index is 1.78. The molecule has 1 aromatic carbocycles. The summed E-state index contributed by atoms with van der Waals surface area (Å²) in [6.45, 7) is 6.18. The van der Waals surface area contributed by atoms with E-state index in [2.05, 4.69) is 15.2 Å². The topological polar surface area (TPSA) is 77.1 Å². The molecule has 7 heteroatoms. The van der Waals surface area contributed by atoms with Gasteiger partial charge in [0.1, 0.15) is 0 Å². The summed E-state index contributed by atoms with van der Waals surface area (Å²) in [5, 5.41) is 7.97. The second kappa shape index (κ2) is 7.29. The molecule has 1 amide bonds. The molecule has 0 aliphatic rings. The molecule has 0 saturated carbocycles. The average Bonchev–Trinajstić information content (AvgIpc) is 3.30. The van der Waals surface area contributed by atoms with E-state index < -0.39 is 0 Å². The lowest BCUT2D eigenvalue weighted by atomic mass is 10.1. The number of rotatable bonds is 6. The fourth-order valence-electron chi connectivity index (χ4n) is 2.48. The third-order valence-electron chi connectivity index (χ3n) is 3.92. The normalized spacial score (nSPS) is 11.0. The van der Waals surface area contributed by atoms with E-state index in [1.807, 2.05) is 55.8 Å². The molecule has 0 atom stereocenters. The smallest absolute Gasteiger partial charge is 0.254 e. The van der Waals surface area contributed by atoms with Crippen LogP contribution in [0.15, 0.2) is 47.4 Å². The van der Waals surface area contributed by atoms with Crippen LogP contribution in [0.2, 0.25) is 0 Å². The van der Waals surface area contributed by atoms with Crippen molar-refractivity contribution < 1.29 is 9.21 Å². The third kappa shape index (κ3) is 3.76. The Bertz CT molecular complexity index is 822. The van der Waals surface area contributed by atoms with Crippen LogP contribution >= 0.6 is 0 Å². The Morgan fingerprint density at radius 3 is 2.48 bits per heavy atom. The van der Waals surface area contributed by atoms with Gasteiger partial charge < -0.3 is 13.9 Å². The van der Waals surface area contributed by atoms with Crippen molar-refractivity contribution in [2.24, 2.45) is 0 Å². The summed E-state index contributed by atoms with van der Waals surface area (Å²) in [5.41, 5.74) is 1.57. The number of aromatic nitrogens is 4. The van der Waals surface area contributed by atoms with Gasteiger partial charge in [0.05, 0.1) is 12.9 Å². The van der Waals surface area contributed by atoms with Crippen molar-refractivity contribution >= 4 is 5.91 Å². The van der Waals surface area contributed by atoms with Crippen LogP contribution in [0.1, 0.15) is 42.9 Å². The second-order valence-corrected chi connectivity index (χ2v) is 5.99. The number of benzene rings is 1. The summed E-state index contributed by atoms with van der Waals surface area (Å²) in [7, 11) is 0. The fourth-order valence-corrected chi connectivity index (χ4v) is 2.48. The van der Waals surface area contributed by atoms with E-state index in [-0.39, 0.29) is 11.9 Å². The van der Waals surface area contributed by atoms with Gasteiger partial charge >= 0.3 is 0 Å². The number of hydrogen-bond acceptors (Lipinski definition) is 5. The number of carbonyl (C=O) groups is 1. The molecule has 3 rings (SSSR count). The van der Waals surface area contributed by atoms with Gasteiger partial charge in [-0.3, -0.25) is 4.79 Å². The number of imidazole rings is 1. The minimum absolute atomic E-state index is 0.0119. The predicted molar refractivity (Wildman–Crippen MR) is 92.2 cm³/mol. The van der Waals surface area contributed by atoms with Crippen LogP contribution in [0.5, 0.6) is 0 Å². The van der Waals surface area contributed by atoms with Crippen molar-refractivity contribution in [1.29, 1.82) is 0 Å². The van der Waals surface area contributed by atoms with Gasteiger partial charge in [-0.05, 0) is 38.1 Å². The van der Waals surface area contributed by atoms with Crippen molar-refractivity contribution in [3.8, 4) is 5.69 Å². The van der Waals surface area contributed by atoms with E-state index in [0.29, 0.717) is 30.3 Å². The van der Waals surface area contributed by atoms with Gasteiger partial charge in [0.15, 0.2) is 0 Å². The molecule has 0 aliphatic heterocycles. The van der Waals surface area contributed by atoms with E-state index in [1.165, 1.54) is 0 Å². The highest BCUT2D eigenvalue weighted by Crippen LogP contribution is 2.15. The lowest BCUT2D eigenvalue weighted by molar-refractivity contribution is 0.0671. The second-order valence-electron chi connectivity index (χ2n) is 5.99. The molecule has 0 bridgehead atoms. The lowest BCUT2D eigenvalue weighted by Crippen LogP contribution is -2.36. The van der Waals surface area contributed by atoms with Crippen molar-refractivity contribution in [1.82, 2.24) is 24.6 Å². The Hall–Kier alpha value is -2.96. The molecule has 0 fully saturated rings. The maximum atomic E-state index is 12.9. The summed E-state index contributed by atoms with van der Waals surface area (Å²) in [5.74, 6) is 0.966. The Kier molecular flexibility index (Phi) is 4.92. The minimum atomic E-state index is -0.0663. The molecule has 0 saturated heterocycles. The first-order valence-corrected chi connectivity index (χ1v) is 8.29. The summed E-state index contributed by atoms with van der Waals surface area (Å²) in [6, 6.07) is 7.44. The van der Waals surface area contributed by atoms with Gasteiger partial charge in [-0.25, -0.2) is 4.98 Å². The molecule has 0 aliphatic carbocycles. The van der Waals surface area contributed by atoms with Gasteiger partial charge in [-0.1, -0.05) is 6.92 Å². The van der Waals surface area contributed by atoms with Crippen LogP contribution in [-0.2, 0) is 13.0 Å². The molecule has 7 nitrogen and oxygen atoms in total. The predicted octanol–water partition coefficient (Wildman–Crippen LogP) is 2.87. The largest absolute Gasteiger partial charge is 0.423 e. The van der Waals surface area contributed by atoms with Gasteiger partial charge in [0, 0.05) is 36.1 Å². The number of amides is 1. The summed E-state index contributed by atoms with van der Waals surface area (Å²) >= 11 is 0. The lowest BCUT2D eigenvalue weighted by Gasteiger charge is -2.25. The zero-order valence-corrected chi connectivity index (χ0v) is 14.6. The summed E-state index contributed by atoms with van der Waals surface area (Å²) in [6.07, 6.45) is 5.98. The van der Waals surface area contributed by atoms with Crippen LogP contribution in [-0.4, -0.2) is 36.6 Å². The molecule has 130 valence electrons. The molecule has 0 unspecified atom stereocenters. The molecule has 25 heavy (non-hydrogen) atoms. The van der Waals surface area contributed by atoms with Crippen molar-refractivity contribution in [3.63, 3.8) is 0 Å². The maximum Gasteiger partial charge on any atom is 0.254 e. The average molecular weight is 339 g/mol. The van der Waals surface area contributed by atoms with Gasteiger partial charge in [-0.15, -0.1) is 10.2 Å². The van der Waals surface area contributed by atoms with E-state index in [4.69, 9.17) is 4.42 Å². The SMILES string of the molecule is CCc1nnc(CN(C(=O)c2ccc(-n3ccnc3)cc2)C(C)C)o1. The van der Waals surface area contributed by atoms with Crippen LogP contribution < -0.4 is 0 Å². The highest BCUT2D eigenvalue weighted by atomic mass is 16.4. The third-order valence-corrected chi connectivity index (χ3v) is 3.92. The number of carbonyl (C=O) groups excluding carboxylic acids is 1. The van der Waals surface area contributed by atoms with Gasteiger partial charge in [-0.2, -0.15) is 0 Å². The monoisotopic (exact) mass is 339 g/mol. The highest BCUT2D eigenvalue weighted by Gasteiger charge is 2.21. The van der Waals surface area contributed by atoms with Gasteiger partial charge in [0.25, 0.3) is 5.91 Å². The first kappa shape index (κ1) is 16.9.